The van der Waals surface area contributed by atoms with Gasteiger partial charge in [-0.1, -0.05) is 6.07 Å². The highest BCUT2D eigenvalue weighted by atomic mass is 16.7. The molecule has 0 radical (unpaired) electrons. The van der Waals surface area contributed by atoms with Crippen molar-refractivity contribution in [1.82, 2.24) is 0 Å². The highest BCUT2D eigenvalue weighted by molar-refractivity contribution is 6.01. The Hall–Kier alpha value is -3.02. The summed E-state index contributed by atoms with van der Waals surface area (Å²) in [7, 11) is 0. The lowest BCUT2D eigenvalue weighted by Crippen LogP contribution is -2.27. The molecule has 6 nitrogen and oxygen atoms in total. The van der Waals surface area contributed by atoms with Crippen molar-refractivity contribution in [2.75, 3.05) is 17.4 Å². The van der Waals surface area contributed by atoms with E-state index in [1.165, 1.54) is 6.92 Å². The first-order valence-electron chi connectivity index (χ1n) is 8.16. The van der Waals surface area contributed by atoms with E-state index in [-0.39, 0.29) is 18.6 Å². The summed E-state index contributed by atoms with van der Waals surface area (Å²) in [6.45, 7) is 1.68. The van der Waals surface area contributed by atoms with Gasteiger partial charge in [0, 0.05) is 18.3 Å². The third kappa shape index (κ3) is 2.91. The second-order valence-electron chi connectivity index (χ2n) is 6.36. The van der Waals surface area contributed by atoms with Gasteiger partial charge in [0.05, 0.1) is 5.41 Å². The number of rotatable bonds is 4. The lowest BCUT2D eigenvalue weighted by molar-refractivity contribution is -0.118. The number of benzene rings is 2. The van der Waals surface area contributed by atoms with Crippen LogP contribution in [0.4, 0.5) is 11.4 Å². The first-order valence-corrected chi connectivity index (χ1v) is 8.16. The van der Waals surface area contributed by atoms with E-state index in [1.807, 2.05) is 18.2 Å². The van der Waals surface area contributed by atoms with Gasteiger partial charge in [0.15, 0.2) is 11.5 Å². The maximum Gasteiger partial charge on any atom is 0.235 e. The number of fused-ring (bicyclic) bond motifs is 1. The van der Waals surface area contributed by atoms with Gasteiger partial charge in [-0.15, -0.1) is 0 Å². The molecule has 1 saturated carbocycles. The van der Waals surface area contributed by atoms with Crippen LogP contribution in [-0.4, -0.2) is 18.6 Å². The van der Waals surface area contributed by atoms with Gasteiger partial charge in [0.1, 0.15) is 0 Å². The molecule has 0 unspecified atom stereocenters. The minimum Gasteiger partial charge on any atom is -0.454 e. The quantitative estimate of drug-likeness (QED) is 0.898. The van der Waals surface area contributed by atoms with Gasteiger partial charge < -0.3 is 20.1 Å². The molecule has 0 bridgehead atoms. The predicted molar refractivity (Wildman–Crippen MR) is 92.9 cm³/mol. The molecule has 0 aromatic heterocycles. The molecule has 2 aromatic carbocycles. The second-order valence-corrected chi connectivity index (χ2v) is 6.36. The average molecular weight is 338 g/mol. The molecule has 1 fully saturated rings. The Morgan fingerprint density at radius 2 is 1.56 bits per heavy atom. The van der Waals surface area contributed by atoms with Gasteiger partial charge in [-0.05, 0) is 54.8 Å². The Labute approximate surface area is 145 Å². The number of hydrogen-bond donors (Lipinski definition) is 2. The average Bonchev–Trinajstić information content (AvgIpc) is 3.27. The molecule has 128 valence electrons. The number of nitrogens with one attached hydrogen (secondary N) is 2. The fraction of sp³-hybridized carbons (Fsp3) is 0.263. The summed E-state index contributed by atoms with van der Waals surface area (Å²) in [5, 5.41) is 5.67. The molecule has 2 N–H and O–H groups in total. The predicted octanol–water partition coefficient (Wildman–Crippen LogP) is 3.04. The van der Waals surface area contributed by atoms with Crippen molar-refractivity contribution in [1.29, 1.82) is 0 Å². The SMILES string of the molecule is CC(=O)Nc1ccc(NC(=O)C2(c3ccc4c(c3)OCO4)CC2)cc1. The van der Waals surface area contributed by atoms with Crippen LogP contribution in [0.15, 0.2) is 42.5 Å². The molecule has 1 aliphatic heterocycles. The van der Waals surface area contributed by atoms with Crippen molar-refractivity contribution in [3.8, 4) is 11.5 Å². The van der Waals surface area contributed by atoms with Gasteiger partial charge in [-0.2, -0.15) is 0 Å². The van der Waals surface area contributed by atoms with Crippen LogP contribution in [0.25, 0.3) is 0 Å². The molecule has 1 heterocycles. The molecule has 25 heavy (non-hydrogen) atoms. The topological polar surface area (TPSA) is 76.7 Å². The van der Waals surface area contributed by atoms with Crippen molar-refractivity contribution in [3.63, 3.8) is 0 Å². The van der Waals surface area contributed by atoms with Gasteiger partial charge in [0.2, 0.25) is 18.6 Å². The van der Waals surface area contributed by atoms with Crippen molar-refractivity contribution >= 4 is 23.2 Å². The molecular weight excluding hydrogens is 320 g/mol. The maximum absolute atomic E-state index is 12.8. The summed E-state index contributed by atoms with van der Waals surface area (Å²) >= 11 is 0. The summed E-state index contributed by atoms with van der Waals surface area (Å²) in [5.41, 5.74) is 1.84. The number of ether oxygens (including phenoxy) is 2. The van der Waals surface area contributed by atoms with E-state index in [0.29, 0.717) is 22.9 Å². The number of anilines is 2. The largest absolute Gasteiger partial charge is 0.454 e. The molecule has 2 aliphatic rings. The van der Waals surface area contributed by atoms with E-state index in [9.17, 15) is 9.59 Å². The van der Waals surface area contributed by atoms with Crippen molar-refractivity contribution < 1.29 is 19.1 Å². The molecule has 1 aliphatic carbocycles. The third-order valence-electron chi connectivity index (χ3n) is 4.57. The van der Waals surface area contributed by atoms with Crippen LogP contribution >= 0.6 is 0 Å². The van der Waals surface area contributed by atoms with Gasteiger partial charge >= 0.3 is 0 Å². The van der Waals surface area contributed by atoms with E-state index in [1.54, 1.807) is 24.3 Å². The van der Waals surface area contributed by atoms with Gasteiger partial charge in [-0.25, -0.2) is 0 Å². The Bertz CT molecular complexity index is 841. The summed E-state index contributed by atoms with van der Waals surface area (Å²) in [6, 6.07) is 12.8. The van der Waals surface area contributed by atoms with Gasteiger partial charge in [0.25, 0.3) is 0 Å². The Kier molecular flexibility index (Phi) is 3.60. The molecule has 6 heteroatoms. The Morgan fingerprint density at radius 3 is 2.20 bits per heavy atom. The van der Waals surface area contributed by atoms with Crippen LogP contribution in [0, 0.1) is 0 Å². The normalized spacial score (nSPS) is 16.2. The van der Waals surface area contributed by atoms with E-state index >= 15 is 0 Å². The minimum atomic E-state index is -0.503. The van der Waals surface area contributed by atoms with Crippen LogP contribution in [0.2, 0.25) is 0 Å². The lowest BCUT2D eigenvalue weighted by Gasteiger charge is -2.16. The second kappa shape index (κ2) is 5.81. The molecular formula is C19H18N2O4. The molecule has 2 amide bonds. The summed E-state index contributed by atoms with van der Waals surface area (Å²) in [5.74, 6) is 1.25. The third-order valence-corrected chi connectivity index (χ3v) is 4.57. The smallest absolute Gasteiger partial charge is 0.235 e. The monoisotopic (exact) mass is 338 g/mol. The number of amides is 2. The Morgan fingerprint density at radius 1 is 0.920 bits per heavy atom. The summed E-state index contributed by atoms with van der Waals surface area (Å²) in [4.78, 5) is 23.9. The van der Waals surface area contributed by atoms with Crippen LogP contribution in [-0.2, 0) is 15.0 Å². The van der Waals surface area contributed by atoms with Crippen LogP contribution in [0.1, 0.15) is 25.3 Å². The van der Waals surface area contributed by atoms with Crippen molar-refractivity contribution in [2.45, 2.75) is 25.2 Å². The standard InChI is InChI=1S/C19H18N2O4/c1-12(22)20-14-3-5-15(6-4-14)21-18(23)19(8-9-19)13-2-7-16-17(10-13)25-11-24-16/h2-7,10H,8-9,11H2,1H3,(H,20,22)(H,21,23). The van der Waals surface area contributed by atoms with E-state index < -0.39 is 5.41 Å². The molecule has 0 saturated heterocycles. The zero-order valence-electron chi connectivity index (χ0n) is 13.8. The van der Waals surface area contributed by atoms with E-state index in [0.717, 1.165) is 18.4 Å². The highest BCUT2D eigenvalue weighted by Gasteiger charge is 2.51. The molecule has 0 spiro atoms. The van der Waals surface area contributed by atoms with Crippen molar-refractivity contribution in [2.24, 2.45) is 0 Å². The number of carbonyl (C=O) groups is 2. The zero-order chi connectivity index (χ0) is 17.4. The maximum atomic E-state index is 12.8. The molecule has 4 rings (SSSR count). The van der Waals surface area contributed by atoms with E-state index in [4.69, 9.17) is 9.47 Å². The highest BCUT2D eigenvalue weighted by Crippen LogP contribution is 2.51. The fourth-order valence-electron chi connectivity index (χ4n) is 3.06. The fourth-order valence-corrected chi connectivity index (χ4v) is 3.06. The van der Waals surface area contributed by atoms with Crippen molar-refractivity contribution in [3.05, 3.63) is 48.0 Å². The Balaban J connectivity index is 1.50. The van der Waals surface area contributed by atoms with E-state index in [2.05, 4.69) is 10.6 Å². The lowest BCUT2D eigenvalue weighted by atomic mass is 9.94. The molecule has 0 atom stereocenters. The summed E-state index contributed by atoms with van der Waals surface area (Å²) < 4.78 is 10.7. The first-order chi connectivity index (χ1) is 12.1. The van der Waals surface area contributed by atoms with Crippen LogP contribution in [0.3, 0.4) is 0 Å². The van der Waals surface area contributed by atoms with Crippen LogP contribution < -0.4 is 20.1 Å². The van der Waals surface area contributed by atoms with Gasteiger partial charge in [-0.3, -0.25) is 9.59 Å². The molecule has 2 aromatic rings. The minimum absolute atomic E-state index is 0.0290. The first kappa shape index (κ1) is 15.5. The summed E-state index contributed by atoms with van der Waals surface area (Å²) in [6.07, 6.45) is 1.62. The number of hydrogen-bond acceptors (Lipinski definition) is 4. The number of carbonyl (C=O) groups excluding carboxylic acids is 2. The van der Waals surface area contributed by atoms with Crippen LogP contribution in [0.5, 0.6) is 11.5 Å². The zero-order valence-corrected chi connectivity index (χ0v) is 13.8.